The van der Waals surface area contributed by atoms with Gasteiger partial charge in [0.1, 0.15) is 0 Å². The Morgan fingerprint density at radius 3 is 2.27 bits per heavy atom. The average Bonchev–Trinajstić information content (AvgIpc) is 3.41. The third-order valence-electron chi connectivity index (χ3n) is 6.35. The molecule has 4 heteroatoms. The molecule has 0 spiro atoms. The van der Waals surface area contributed by atoms with Gasteiger partial charge >= 0.3 is 5.97 Å². The Kier molecular flexibility index (Phi) is 4.51. The first kappa shape index (κ1) is 19.4. The van der Waals surface area contributed by atoms with Crippen molar-refractivity contribution in [1.82, 2.24) is 9.97 Å². The summed E-state index contributed by atoms with van der Waals surface area (Å²) in [6.45, 7) is 3.79. The standard InChI is InChI=1S/C29H22N2O2/c1-2-27(32)33-16-15-18-11-13-22-20-7-3-6-10-25(20)31-29(22)28(18)19-12-14-26-23(17-19)21-8-4-5-9-24(21)30-26/h2-14,17,30-31H,1,15-16H2. The predicted molar refractivity (Wildman–Crippen MR) is 135 cm³/mol. The number of hydrogen-bond donors (Lipinski definition) is 2. The molecule has 0 fully saturated rings. The largest absolute Gasteiger partial charge is 0.462 e. The molecule has 33 heavy (non-hydrogen) atoms. The van der Waals surface area contributed by atoms with Gasteiger partial charge in [-0.25, -0.2) is 4.79 Å². The van der Waals surface area contributed by atoms with Crippen LogP contribution in [0.4, 0.5) is 0 Å². The zero-order chi connectivity index (χ0) is 22.4. The van der Waals surface area contributed by atoms with Crippen LogP contribution in [-0.4, -0.2) is 22.5 Å². The first-order valence-electron chi connectivity index (χ1n) is 11.1. The zero-order valence-electron chi connectivity index (χ0n) is 18.0. The molecular weight excluding hydrogens is 408 g/mol. The number of esters is 1. The Bertz CT molecular complexity index is 1690. The second-order valence-electron chi connectivity index (χ2n) is 8.25. The highest BCUT2D eigenvalue weighted by Crippen LogP contribution is 2.38. The maximum Gasteiger partial charge on any atom is 0.330 e. The molecule has 0 saturated carbocycles. The second kappa shape index (κ2) is 7.68. The number of ether oxygens (including phenoxy) is 1. The van der Waals surface area contributed by atoms with E-state index in [1.54, 1.807) is 0 Å². The molecular formula is C29H22N2O2. The minimum absolute atomic E-state index is 0.304. The van der Waals surface area contributed by atoms with Crippen LogP contribution in [0.5, 0.6) is 0 Å². The van der Waals surface area contributed by atoms with Gasteiger partial charge in [0.2, 0.25) is 0 Å². The molecule has 2 heterocycles. The van der Waals surface area contributed by atoms with Crippen LogP contribution in [0.15, 0.2) is 91.5 Å². The van der Waals surface area contributed by atoms with Crippen LogP contribution in [0, 0.1) is 0 Å². The van der Waals surface area contributed by atoms with Crippen LogP contribution in [0.2, 0.25) is 0 Å². The van der Waals surface area contributed by atoms with Gasteiger partial charge in [-0.05, 0) is 35.4 Å². The Balaban J connectivity index is 1.58. The van der Waals surface area contributed by atoms with E-state index in [-0.39, 0.29) is 0 Å². The van der Waals surface area contributed by atoms with Crippen molar-refractivity contribution in [3.8, 4) is 11.1 Å². The summed E-state index contributed by atoms with van der Waals surface area (Å²) in [7, 11) is 0. The number of hydrogen-bond acceptors (Lipinski definition) is 2. The molecule has 4 aromatic carbocycles. The first-order chi connectivity index (χ1) is 16.2. The van der Waals surface area contributed by atoms with Gasteiger partial charge < -0.3 is 14.7 Å². The molecule has 0 amide bonds. The Morgan fingerprint density at radius 1 is 0.788 bits per heavy atom. The van der Waals surface area contributed by atoms with Crippen LogP contribution in [0.3, 0.4) is 0 Å². The smallest absolute Gasteiger partial charge is 0.330 e. The SMILES string of the molecule is C=CC(=O)OCCc1ccc2c([nH]c3ccccc32)c1-c1ccc2[nH]c3ccccc3c2c1. The van der Waals surface area contributed by atoms with Crippen molar-refractivity contribution in [2.24, 2.45) is 0 Å². The van der Waals surface area contributed by atoms with E-state index in [0.717, 1.165) is 38.8 Å². The van der Waals surface area contributed by atoms with E-state index in [9.17, 15) is 4.79 Å². The molecule has 0 radical (unpaired) electrons. The number of carbonyl (C=O) groups is 1. The Labute approximate surface area is 190 Å². The summed E-state index contributed by atoms with van der Waals surface area (Å²) in [6.07, 6.45) is 1.82. The molecule has 6 aromatic rings. The van der Waals surface area contributed by atoms with Gasteiger partial charge in [-0.2, -0.15) is 0 Å². The van der Waals surface area contributed by atoms with Gasteiger partial charge in [0.15, 0.2) is 0 Å². The lowest BCUT2D eigenvalue weighted by Crippen LogP contribution is -2.05. The van der Waals surface area contributed by atoms with E-state index in [4.69, 9.17) is 4.74 Å². The summed E-state index contributed by atoms with van der Waals surface area (Å²) in [4.78, 5) is 18.7. The predicted octanol–water partition coefficient (Wildman–Crippen LogP) is 6.89. The van der Waals surface area contributed by atoms with Crippen molar-refractivity contribution in [1.29, 1.82) is 0 Å². The molecule has 0 saturated heterocycles. The van der Waals surface area contributed by atoms with Gasteiger partial charge in [-0.3, -0.25) is 0 Å². The maximum atomic E-state index is 11.6. The highest BCUT2D eigenvalue weighted by Gasteiger charge is 2.16. The van der Waals surface area contributed by atoms with Crippen LogP contribution >= 0.6 is 0 Å². The van der Waals surface area contributed by atoms with Crippen molar-refractivity contribution in [3.05, 3.63) is 97.1 Å². The van der Waals surface area contributed by atoms with Crippen LogP contribution in [0.1, 0.15) is 5.56 Å². The molecule has 2 aromatic heterocycles. The van der Waals surface area contributed by atoms with Gasteiger partial charge in [-0.1, -0.05) is 61.2 Å². The lowest BCUT2D eigenvalue weighted by Gasteiger charge is -2.12. The summed E-state index contributed by atoms with van der Waals surface area (Å²) in [5.41, 5.74) is 7.86. The molecule has 0 aliphatic carbocycles. The molecule has 0 aliphatic rings. The van der Waals surface area contributed by atoms with Crippen molar-refractivity contribution in [2.45, 2.75) is 6.42 Å². The van der Waals surface area contributed by atoms with Crippen LogP contribution < -0.4 is 0 Å². The van der Waals surface area contributed by atoms with E-state index in [1.807, 2.05) is 12.1 Å². The van der Waals surface area contributed by atoms with E-state index in [1.165, 1.54) is 27.6 Å². The molecule has 6 rings (SSSR count). The fourth-order valence-corrected chi connectivity index (χ4v) is 4.82. The maximum absolute atomic E-state index is 11.6. The minimum atomic E-state index is -0.400. The summed E-state index contributed by atoms with van der Waals surface area (Å²) in [5.74, 6) is -0.400. The normalized spacial score (nSPS) is 11.5. The molecule has 4 nitrogen and oxygen atoms in total. The number of aromatic nitrogens is 2. The van der Waals surface area contributed by atoms with Gasteiger partial charge in [-0.15, -0.1) is 0 Å². The topological polar surface area (TPSA) is 57.9 Å². The van der Waals surface area contributed by atoms with E-state index < -0.39 is 5.97 Å². The molecule has 2 N–H and O–H groups in total. The molecule has 0 bridgehead atoms. The summed E-state index contributed by atoms with van der Waals surface area (Å²) < 4.78 is 5.30. The zero-order valence-corrected chi connectivity index (χ0v) is 18.0. The third kappa shape index (κ3) is 3.19. The lowest BCUT2D eigenvalue weighted by atomic mass is 9.94. The highest BCUT2D eigenvalue weighted by molar-refractivity contribution is 6.14. The van der Waals surface area contributed by atoms with E-state index in [2.05, 4.69) is 83.3 Å². The fourth-order valence-electron chi connectivity index (χ4n) is 4.82. The number of para-hydroxylation sites is 2. The van der Waals surface area contributed by atoms with Crippen molar-refractivity contribution in [2.75, 3.05) is 6.61 Å². The summed E-state index contributed by atoms with van der Waals surface area (Å²) in [6, 6.07) is 27.6. The molecule has 0 unspecified atom stereocenters. The summed E-state index contributed by atoms with van der Waals surface area (Å²) in [5, 5.41) is 4.79. The van der Waals surface area contributed by atoms with E-state index in [0.29, 0.717) is 13.0 Å². The average molecular weight is 431 g/mol. The quantitative estimate of drug-likeness (QED) is 0.231. The van der Waals surface area contributed by atoms with Crippen LogP contribution in [0.25, 0.3) is 54.7 Å². The fraction of sp³-hybridized carbons (Fsp3) is 0.0690. The van der Waals surface area contributed by atoms with Crippen molar-refractivity contribution < 1.29 is 9.53 Å². The Hall–Kier alpha value is -4.31. The van der Waals surface area contributed by atoms with Crippen LogP contribution in [-0.2, 0) is 16.0 Å². The van der Waals surface area contributed by atoms with Crippen molar-refractivity contribution in [3.63, 3.8) is 0 Å². The lowest BCUT2D eigenvalue weighted by molar-refractivity contribution is -0.137. The van der Waals surface area contributed by atoms with E-state index >= 15 is 0 Å². The molecule has 0 aliphatic heterocycles. The number of benzene rings is 4. The number of H-pyrrole nitrogens is 2. The van der Waals surface area contributed by atoms with Crippen molar-refractivity contribution >= 4 is 49.6 Å². The highest BCUT2D eigenvalue weighted by atomic mass is 16.5. The number of fused-ring (bicyclic) bond motifs is 6. The number of nitrogens with one attached hydrogen (secondary N) is 2. The number of rotatable bonds is 5. The minimum Gasteiger partial charge on any atom is -0.462 e. The number of carbonyl (C=O) groups excluding carboxylic acids is 1. The monoisotopic (exact) mass is 430 g/mol. The molecule has 160 valence electrons. The third-order valence-corrected chi connectivity index (χ3v) is 6.35. The second-order valence-corrected chi connectivity index (χ2v) is 8.25. The number of aromatic amines is 2. The molecule has 0 atom stereocenters. The first-order valence-corrected chi connectivity index (χ1v) is 11.1. The summed E-state index contributed by atoms with van der Waals surface area (Å²) >= 11 is 0. The van der Waals surface area contributed by atoms with Gasteiger partial charge in [0.25, 0.3) is 0 Å². The van der Waals surface area contributed by atoms with Gasteiger partial charge in [0, 0.05) is 56.2 Å². The Morgan fingerprint density at radius 2 is 1.48 bits per heavy atom. The van der Waals surface area contributed by atoms with Gasteiger partial charge in [0.05, 0.1) is 12.1 Å².